The summed E-state index contributed by atoms with van der Waals surface area (Å²) in [5, 5.41) is 8.69. The van der Waals surface area contributed by atoms with Gasteiger partial charge in [0.2, 0.25) is 5.89 Å². The first-order chi connectivity index (χ1) is 15.6. The highest BCUT2D eigenvalue weighted by Gasteiger charge is 2.13. The van der Waals surface area contributed by atoms with Gasteiger partial charge in [0, 0.05) is 39.0 Å². The van der Waals surface area contributed by atoms with Crippen LogP contribution >= 0.6 is 11.8 Å². The maximum absolute atomic E-state index is 13.3. The minimum atomic E-state index is -1.03. The van der Waals surface area contributed by atoms with E-state index in [1.165, 1.54) is 23.9 Å². The second-order valence-corrected chi connectivity index (χ2v) is 9.36. The summed E-state index contributed by atoms with van der Waals surface area (Å²) in [5.41, 5.74) is 4.25. The minimum absolute atomic E-state index is 0.267. The summed E-state index contributed by atoms with van der Waals surface area (Å²) in [4.78, 5) is 5.24. The average Bonchev–Trinajstić information content (AvgIpc) is 3.44. The molecule has 6 nitrogen and oxygen atoms in total. The molecule has 1 atom stereocenters. The molecule has 9 heteroatoms. The van der Waals surface area contributed by atoms with Gasteiger partial charge in [-0.1, -0.05) is 23.9 Å². The predicted octanol–water partition coefficient (Wildman–Crippen LogP) is 5.24. The second-order valence-electron chi connectivity index (χ2n) is 7.06. The van der Waals surface area contributed by atoms with E-state index in [-0.39, 0.29) is 5.82 Å². The summed E-state index contributed by atoms with van der Waals surface area (Å²) in [6.07, 6.45) is 3.41. The molecule has 0 aliphatic rings. The molecule has 0 fully saturated rings. The molecule has 0 N–H and O–H groups in total. The molecule has 0 amide bonds. The van der Waals surface area contributed by atoms with Crippen LogP contribution in [0, 0.1) is 5.82 Å². The third-order valence-corrected chi connectivity index (χ3v) is 6.72. The fourth-order valence-corrected chi connectivity index (χ4v) is 4.53. The number of benzene rings is 3. The first kappa shape index (κ1) is 20.6. The molecule has 0 spiro atoms. The van der Waals surface area contributed by atoms with Crippen molar-refractivity contribution in [2.75, 3.05) is 6.26 Å². The van der Waals surface area contributed by atoms with E-state index in [1.54, 1.807) is 18.6 Å². The van der Waals surface area contributed by atoms with Crippen molar-refractivity contribution in [3.05, 3.63) is 84.4 Å². The smallest absolute Gasteiger partial charge is 0.277 e. The van der Waals surface area contributed by atoms with Gasteiger partial charge in [0.1, 0.15) is 12.1 Å². The number of hydrogen-bond acceptors (Lipinski definition) is 6. The monoisotopic (exact) mass is 464 g/mol. The summed E-state index contributed by atoms with van der Waals surface area (Å²) < 4.78 is 32.8. The number of halogens is 1. The van der Waals surface area contributed by atoms with Crippen molar-refractivity contribution in [2.24, 2.45) is 0 Å². The van der Waals surface area contributed by atoms with Gasteiger partial charge in [0.25, 0.3) is 5.22 Å². The summed E-state index contributed by atoms with van der Waals surface area (Å²) in [6, 6.07) is 19.7. The van der Waals surface area contributed by atoms with E-state index in [9.17, 15) is 8.60 Å². The maximum Gasteiger partial charge on any atom is 0.277 e. The van der Waals surface area contributed by atoms with E-state index in [1.807, 2.05) is 53.1 Å². The highest BCUT2D eigenvalue weighted by molar-refractivity contribution is 7.98. The summed E-state index contributed by atoms with van der Waals surface area (Å²) >= 11 is 1.36. The zero-order chi connectivity index (χ0) is 22.1. The number of fused-ring (bicyclic) bond motifs is 1. The van der Waals surface area contributed by atoms with Crippen molar-refractivity contribution in [3.8, 4) is 17.1 Å². The fourth-order valence-electron chi connectivity index (χ4n) is 3.30. The van der Waals surface area contributed by atoms with Gasteiger partial charge in [-0.25, -0.2) is 9.37 Å². The molecular formula is C23H17FN4O2S2. The van der Waals surface area contributed by atoms with Crippen molar-refractivity contribution in [3.63, 3.8) is 0 Å². The molecule has 160 valence electrons. The fraction of sp³-hybridized carbons (Fsp3) is 0.0870. The first-order valence-electron chi connectivity index (χ1n) is 9.69. The van der Waals surface area contributed by atoms with Crippen LogP contribution in [0.1, 0.15) is 5.56 Å². The molecule has 2 heterocycles. The van der Waals surface area contributed by atoms with Gasteiger partial charge in [-0.15, -0.1) is 10.2 Å². The SMILES string of the molecule is CS(=O)c1ccc(-n2cnc3ccc(-c4nnc(SCc5cccc(F)c5)o4)cc32)cc1. The van der Waals surface area contributed by atoms with Crippen LogP contribution in [-0.2, 0) is 16.6 Å². The summed E-state index contributed by atoms with van der Waals surface area (Å²) in [6.45, 7) is 0. The number of aromatic nitrogens is 4. The van der Waals surface area contributed by atoms with Gasteiger partial charge < -0.3 is 4.42 Å². The number of nitrogens with zero attached hydrogens (tertiary/aromatic N) is 4. The number of thioether (sulfide) groups is 1. The molecule has 0 radical (unpaired) electrons. The normalized spacial score (nSPS) is 12.3. The lowest BCUT2D eigenvalue weighted by atomic mass is 10.2. The number of rotatable bonds is 6. The number of hydrogen-bond donors (Lipinski definition) is 0. The van der Waals surface area contributed by atoms with Crippen molar-refractivity contribution in [1.82, 2.24) is 19.7 Å². The van der Waals surface area contributed by atoms with Crippen molar-refractivity contribution in [2.45, 2.75) is 15.9 Å². The van der Waals surface area contributed by atoms with Crippen LogP contribution in [0.4, 0.5) is 4.39 Å². The first-order valence-corrected chi connectivity index (χ1v) is 12.2. The molecule has 32 heavy (non-hydrogen) atoms. The zero-order valence-electron chi connectivity index (χ0n) is 16.9. The lowest BCUT2D eigenvalue weighted by Crippen LogP contribution is -1.94. The molecule has 0 saturated carbocycles. The van der Waals surface area contributed by atoms with Gasteiger partial charge in [0.05, 0.1) is 11.0 Å². The van der Waals surface area contributed by atoms with Crippen LogP contribution in [0.2, 0.25) is 0 Å². The lowest BCUT2D eigenvalue weighted by Gasteiger charge is -2.06. The molecule has 0 saturated heterocycles. The summed E-state index contributed by atoms with van der Waals surface area (Å²) in [5.74, 6) is 0.666. The van der Waals surface area contributed by atoms with Crippen LogP contribution in [-0.4, -0.2) is 30.2 Å². The van der Waals surface area contributed by atoms with Crippen LogP contribution in [0.25, 0.3) is 28.2 Å². The zero-order valence-corrected chi connectivity index (χ0v) is 18.6. The van der Waals surface area contributed by atoms with E-state index in [2.05, 4.69) is 15.2 Å². The van der Waals surface area contributed by atoms with Crippen LogP contribution < -0.4 is 0 Å². The molecule has 0 aliphatic carbocycles. The van der Waals surface area contributed by atoms with E-state index in [4.69, 9.17) is 4.42 Å². The van der Waals surface area contributed by atoms with Crippen molar-refractivity contribution >= 4 is 33.6 Å². The van der Waals surface area contributed by atoms with E-state index in [0.717, 1.165) is 32.7 Å². The third kappa shape index (κ3) is 4.21. The predicted molar refractivity (Wildman–Crippen MR) is 123 cm³/mol. The van der Waals surface area contributed by atoms with Gasteiger partial charge in [-0.05, 0) is 60.2 Å². The quantitative estimate of drug-likeness (QED) is 0.320. The lowest BCUT2D eigenvalue weighted by molar-refractivity contribution is 0.466. The Morgan fingerprint density at radius 3 is 2.69 bits per heavy atom. The van der Waals surface area contributed by atoms with Crippen molar-refractivity contribution in [1.29, 1.82) is 0 Å². The Morgan fingerprint density at radius 1 is 1.06 bits per heavy atom. The van der Waals surface area contributed by atoms with Crippen molar-refractivity contribution < 1.29 is 13.0 Å². The van der Waals surface area contributed by atoms with Gasteiger partial charge in [-0.3, -0.25) is 8.78 Å². The molecule has 5 rings (SSSR count). The Hall–Kier alpha value is -3.30. The minimum Gasteiger partial charge on any atom is -0.411 e. The Kier molecular flexibility index (Phi) is 5.59. The Balaban J connectivity index is 1.40. The Morgan fingerprint density at radius 2 is 1.91 bits per heavy atom. The molecule has 0 aliphatic heterocycles. The maximum atomic E-state index is 13.3. The van der Waals surface area contributed by atoms with E-state index in [0.29, 0.717) is 16.9 Å². The largest absolute Gasteiger partial charge is 0.411 e. The van der Waals surface area contributed by atoms with Gasteiger partial charge in [0.15, 0.2) is 0 Å². The van der Waals surface area contributed by atoms with Crippen LogP contribution in [0.15, 0.2) is 87.6 Å². The van der Waals surface area contributed by atoms with Gasteiger partial charge in [-0.2, -0.15) is 0 Å². The second kappa shape index (κ2) is 8.68. The molecule has 2 aromatic heterocycles. The molecule has 0 bridgehead atoms. The van der Waals surface area contributed by atoms with E-state index >= 15 is 0 Å². The summed E-state index contributed by atoms with van der Waals surface area (Å²) in [7, 11) is -1.03. The van der Waals surface area contributed by atoms with Gasteiger partial charge >= 0.3 is 0 Å². The highest BCUT2D eigenvalue weighted by atomic mass is 32.2. The van der Waals surface area contributed by atoms with E-state index < -0.39 is 10.8 Å². The van der Waals surface area contributed by atoms with Crippen LogP contribution in [0.5, 0.6) is 0 Å². The topological polar surface area (TPSA) is 73.8 Å². The standard InChI is InChI=1S/C23H17FN4O2S2/c1-32(29)19-8-6-18(7-9-19)28-14-25-20-10-5-16(12-21(20)28)22-26-27-23(30-22)31-13-15-3-2-4-17(24)11-15/h2-12,14H,13H2,1H3. The third-order valence-electron chi connectivity index (χ3n) is 4.90. The molecule has 3 aromatic carbocycles. The average molecular weight is 465 g/mol. The molecule has 1 unspecified atom stereocenters. The Labute approximate surface area is 190 Å². The Bertz CT molecular complexity index is 1430. The van der Waals surface area contributed by atoms with Crippen LogP contribution in [0.3, 0.4) is 0 Å². The molecular weight excluding hydrogens is 447 g/mol. The molecule has 5 aromatic rings. The number of imidazole rings is 1. The highest BCUT2D eigenvalue weighted by Crippen LogP contribution is 2.28.